The van der Waals surface area contributed by atoms with Crippen LogP contribution >= 0.6 is 0 Å². The number of para-hydroxylation sites is 1. The van der Waals surface area contributed by atoms with Crippen molar-refractivity contribution in [1.82, 2.24) is 19.8 Å². The molecule has 0 unspecified atom stereocenters. The summed E-state index contributed by atoms with van der Waals surface area (Å²) in [5.41, 5.74) is 3.56. The number of anilines is 1. The van der Waals surface area contributed by atoms with Crippen LogP contribution in [0.1, 0.15) is 42.9 Å². The molecule has 1 fully saturated rings. The van der Waals surface area contributed by atoms with E-state index in [9.17, 15) is 9.59 Å². The van der Waals surface area contributed by atoms with E-state index in [0.29, 0.717) is 13.1 Å². The molecule has 3 heterocycles. The average molecular weight is 500 g/mol. The lowest BCUT2D eigenvalue weighted by atomic mass is 9.90. The summed E-state index contributed by atoms with van der Waals surface area (Å²) in [6, 6.07) is 18.2. The number of hydrogen-bond acceptors (Lipinski definition) is 4. The lowest BCUT2D eigenvalue weighted by Gasteiger charge is -2.32. The van der Waals surface area contributed by atoms with Gasteiger partial charge >= 0.3 is 0 Å². The molecule has 1 N–H and O–H groups in total. The van der Waals surface area contributed by atoms with Crippen molar-refractivity contribution >= 4 is 17.5 Å². The van der Waals surface area contributed by atoms with Crippen molar-refractivity contribution in [3.8, 4) is 0 Å². The molecule has 0 bridgehead atoms. The van der Waals surface area contributed by atoms with Gasteiger partial charge in [0.05, 0.1) is 12.7 Å². The summed E-state index contributed by atoms with van der Waals surface area (Å²) in [5.74, 6) is 0.608. The van der Waals surface area contributed by atoms with Crippen LogP contribution in [0.25, 0.3) is 0 Å². The second-order valence-corrected chi connectivity index (χ2v) is 10.3. The number of carbonyl (C=O) groups excluding carboxylic acids is 2. The van der Waals surface area contributed by atoms with Crippen LogP contribution in [0.15, 0.2) is 73.3 Å². The predicted molar refractivity (Wildman–Crippen MR) is 145 cm³/mol. The summed E-state index contributed by atoms with van der Waals surface area (Å²) in [7, 11) is 0. The molecule has 194 valence electrons. The van der Waals surface area contributed by atoms with Crippen molar-refractivity contribution < 1.29 is 9.59 Å². The molecule has 1 atom stereocenters. The van der Waals surface area contributed by atoms with Gasteiger partial charge in [0.1, 0.15) is 6.04 Å². The lowest BCUT2D eigenvalue weighted by Crippen LogP contribution is -2.39. The molecule has 2 aromatic carbocycles. The van der Waals surface area contributed by atoms with Crippen molar-refractivity contribution in [3.05, 3.63) is 84.4 Å². The molecule has 2 aliphatic rings. The van der Waals surface area contributed by atoms with Gasteiger partial charge in [-0.3, -0.25) is 9.59 Å². The zero-order chi connectivity index (χ0) is 25.5. The predicted octanol–water partition coefficient (Wildman–Crippen LogP) is 3.86. The molecule has 2 amide bonds. The number of nitrogens with one attached hydrogen (secondary N) is 1. The highest BCUT2D eigenvalue weighted by atomic mass is 16.2. The number of imidazole rings is 1. The summed E-state index contributed by atoms with van der Waals surface area (Å²) in [6.07, 6.45) is 10.5. The van der Waals surface area contributed by atoms with Crippen LogP contribution in [0.4, 0.5) is 5.69 Å². The standard InChI is InChI=1S/C30H37N5O2/c36-29(32-14-6-16-33-17-11-25(12-18-33)21-24-7-2-1-3-8-24)22-28(34-20-15-31-23-34)30(37)35-19-13-26-9-4-5-10-27(26)35/h1-5,7-10,15,20,23,25,28H,6,11-14,16-19,21-22H2,(H,32,36)/t28-/m1/s1. The maximum atomic E-state index is 13.5. The molecule has 1 aromatic heterocycles. The third-order valence-corrected chi connectivity index (χ3v) is 7.75. The molecule has 0 saturated carbocycles. The van der Waals surface area contributed by atoms with E-state index < -0.39 is 6.04 Å². The minimum Gasteiger partial charge on any atom is -0.356 e. The minimum atomic E-state index is -0.600. The fourth-order valence-electron chi connectivity index (χ4n) is 5.66. The molecule has 7 nitrogen and oxygen atoms in total. The van der Waals surface area contributed by atoms with Crippen molar-refractivity contribution in [2.45, 2.75) is 44.6 Å². The summed E-state index contributed by atoms with van der Waals surface area (Å²) in [4.78, 5) is 34.8. The van der Waals surface area contributed by atoms with Gasteiger partial charge in [-0.05, 0) is 74.8 Å². The maximum absolute atomic E-state index is 13.5. The summed E-state index contributed by atoms with van der Waals surface area (Å²) in [6.45, 7) is 4.51. The van der Waals surface area contributed by atoms with Crippen LogP contribution in [0.5, 0.6) is 0 Å². The zero-order valence-corrected chi connectivity index (χ0v) is 21.5. The maximum Gasteiger partial charge on any atom is 0.250 e. The highest BCUT2D eigenvalue weighted by Gasteiger charge is 2.32. The Balaban J connectivity index is 1.06. The van der Waals surface area contributed by atoms with Gasteiger partial charge in [-0.15, -0.1) is 0 Å². The smallest absolute Gasteiger partial charge is 0.250 e. The molecular weight excluding hydrogens is 462 g/mol. The number of fused-ring (bicyclic) bond motifs is 1. The van der Waals surface area contributed by atoms with Gasteiger partial charge in [-0.2, -0.15) is 0 Å². The molecule has 37 heavy (non-hydrogen) atoms. The second kappa shape index (κ2) is 12.2. The molecule has 0 aliphatic carbocycles. The van der Waals surface area contributed by atoms with Gasteiger partial charge < -0.3 is 19.7 Å². The largest absolute Gasteiger partial charge is 0.356 e. The van der Waals surface area contributed by atoms with Crippen LogP contribution in [0, 0.1) is 5.92 Å². The van der Waals surface area contributed by atoms with Crippen LogP contribution < -0.4 is 10.2 Å². The van der Waals surface area contributed by atoms with E-state index >= 15 is 0 Å². The zero-order valence-electron chi connectivity index (χ0n) is 21.5. The number of benzene rings is 2. The monoisotopic (exact) mass is 499 g/mol. The number of nitrogens with zero attached hydrogens (tertiary/aromatic N) is 4. The molecule has 0 radical (unpaired) electrons. The first-order valence-corrected chi connectivity index (χ1v) is 13.6. The molecular formula is C30H37N5O2. The number of amides is 2. The van der Waals surface area contributed by atoms with Crippen molar-refractivity contribution in [1.29, 1.82) is 0 Å². The van der Waals surface area contributed by atoms with Gasteiger partial charge in [0.25, 0.3) is 5.91 Å². The number of rotatable bonds is 10. The van der Waals surface area contributed by atoms with E-state index in [4.69, 9.17) is 0 Å². The summed E-state index contributed by atoms with van der Waals surface area (Å²) < 4.78 is 1.75. The fourth-order valence-corrected chi connectivity index (χ4v) is 5.66. The number of likely N-dealkylation sites (tertiary alicyclic amines) is 1. The first-order chi connectivity index (χ1) is 18.2. The molecule has 0 spiro atoms. The van der Waals surface area contributed by atoms with Gasteiger partial charge in [-0.25, -0.2) is 4.98 Å². The van der Waals surface area contributed by atoms with Crippen LogP contribution in [0.2, 0.25) is 0 Å². The Morgan fingerprint density at radius 3 is 2.57 bits per heavy atom. The third kappa shape index (κ3) is 6.46. The Labute approximate surface area is 219 Å². The van der Waals surface area contributed by atoms with Gasteiger partial charge in [0.2, 0.25) is 5.91 Å². The van der Waals surface area contributed by atoms with E-state index in [1.165, 1.54) is 30.4 Å². The van der Waals surface area contributed by atoms with Crippen LogP contribution in [-0.4, -0.2) is 59.0 Å². The number of carbonyl (C=O) groups is 2. The Bertz CT molecular complexity index is 1160. The average Bonchev–Trinajstić information content (AvgIpc) is 3.61. The molecule has 1 saturated heterocycles. The fraction of sp³-hybridized carbons (Fsp3) is 0.433. The second-order valence-electron chi connectivity index (χ2n) is 10.3. The highest BCUT2D eigenvalue weighted by molar-refractivity contribution is 6.00. The Hall–Kier alpha value is -3.45. The van der Waals surface area contributed by atoms with Crippen molar-refractivity contribution in [2.24, 2.45) is 5.92 Å². The lowest BCUT2D eigenvalue weighted by molar-refractivity contribution is -0.128. The van der Waals surface area contributed by atoms with Crippen LogP contribution in [-0.2, 0) is 22.4 Å². The highest BCUT2D eigenvalue weighted by Crippen LogP contribution is 2.30. The quantitative estimate of drug-likeness (QED) is 0.430. The first-order valence-electron chi connectivity index (χ1n) is 13.6. The Morgan fingerprint density at radius 2 is 1.78 bits per heavy atom. The number of hydrogen-bond donors (Lipinski definition) is 1. The molecule has 7 heteroatoms. The molecule has 5 rings (SSSR count). The normalized spacial score (nSPS) is 16.9. The minimum absolute atomic E-state index is 0.0588. The topological polar surface area (TPSA) is 70.5 Å². The van der Waals surface area contributed by atoms with E-state index in [0.717, 1.165) is 44.1 Å². The Kier molecular flexibility index (Phi) is 8.31. The first kappa shape index (κ1) is 25.2. The van der Waals surface area contributed by atoms with Gasteiger partial charge in [0, 0.05) is 31.2 Å². The van der Waals surface area contributed by atoms with Gasteiger partial charge in [0.15, 0.2) is 0 Å². The molecule has 2 aliphatic heterocycles. The number of aromatic nitrogens is 2. The third-order valence-electron chi connectivity index (χ3n) is 7.75. The SMILES string of the molecule is O=C(C[C@H](C(=O)N1CCc2ccccc21)n1ccnc1)NCCCN1CCC(Cc2ccccc2)CC1. The Morgan fingerprint density at radius 1 is 1.00 bits per heavy atom. The summed E-state index contributed by atoms with van der Waals surface area (Å²) >= 11 is 0. The van der Waals surface area contributed by atoms with E-state index in [2.05, 4.69) is 51.6 Å². The summed E-state index contributed by atoms with van der Waals surface area (Å²) in [5, 5.41) is 3.05. The van der Waals surface area contributed by atoms with Crippen LogP contribution in [0.3, 0.4) is 0 Å². The van der Waals surface area contributed by atoms with E-state index in [1.54, 1.807) is 23.3 Å². The molecule has 3 aromatic rings. The number of piperidine rings is 1. The van der Waals surface area contributed by atoms with Gasteiger partial charge in [-0.1, -0.05) is 48.5 Å². The van der Waals surface area contributed by atoms with E-state index in [-0.39, 0.29) is 18.2 Å². The van der Waals surface area contributed by atoms with E-state index in [1.807, 2.05) is 23.1 Å². The van der Waals surface area contributed by atoms with Crippen molar-refractivity contribution in [2.75, 3.05) is 37.6 Å². The van der Waals surface area contributed by atoms with Crippen molar-refractivity contribution in [3.63, 3.8) is 0 Å².